The van der Waals surface area contributed by atoms with Crippen molar-refractivity contribution in [2.24, 2.45) is 0 Å². The van der Waals surface area contributed by atoms with E-state index in [1.165, 1.54) is 5.56 Å². The summed E-state index contributed by atoms with van der Waals surface area (Å²) in [6.45, 7) is 11.0. The topological polar surface area (TPSA) is 62.7 Å². The Hall–Kier alpha value is -2.25. The molecule has 25 heavy (non-hydrogen) atoms. The van der Waals surface area contributed by atoms with Gasteiger partial charge in [0.05, 0.1) is 11.7 Å². The monoisotopic (exact) mass is 340 g/mol. The number of fused-ring (bicyclic) bond motifs is 1. The second-order valence-electron chi connectivity index (χ2n) is 6.82. The summed E-state index contributed by atoms with van der Waals surface area (Å²) in [5.41, 5.74) is 3.39. The first-order chi connectivity index (χ1) is 12.1. The molecule has 0 bridgehead atoms. The summed E-state index contributed by atoms with van der Waals surface area (Å²) in [6, 6.07) is 4.33. The van der Waals surface area contributed by atoms with E-state index < -0.39 is 0 Å². The molecule has 1 aliphatic rings. The average Bonchev–Trinajstić information content (AvgIpc) is 3.22. The molecule has 0 saturated carbocycles. The van der Waals surface area contributed by atoms with Crippen LogP contribution in [0.5, 0.6) is 0 Å². The van der Waals surface area contributed by atoms with Gasteiger partial charge in [-0.25, -0.2) is 4.98 Å². The van der Waals surface area contributed by atoms with Gasteiger partial charge in [0.25, 0.3) is 0 Å². The van der Waals surface area contributed by atoms with Crippen LogP contribution in [0.4, 0.5) is 0 Å². The molecule has 3 aromatic rings. The van der Waals surface area contributed by atoms with E-state index >= 15 is 0 Å². The standard InChI is InChI=1S/C18H24N6O/c1-13-5-4-6-24-12-16(20-17(13)24)11-22-7-9-23(10-8-22)14(2)18-19-15(3)21-25-18/h4-6,12,14H,7-11H2,1-3H3. The quantitative estimate of drug-likeness (QED) is 0.726. The van der Waals surface area contributed by atoms with Gasteiger partial charge < -0.3 is 8.92 Å². The van der Waals surface area contributed by atoms with E-state index in [4.69, 9.17) is 9.51 Å². The lowest BCUT2D eigenvalue weighted by Gasteiger charge is -2.36. The normalized spacial score (nSPS) is 18.0. The number of rotatable bonds is 4. The third kappa shape index (κ3) is 3.29. The Morgan fingerprint density at radius 1 is 1.16 bits per heavy atom. The van der Waals surface area contributed by atoms with Gasteiger partial charge in [0, 0.05) is 45.1 Å². The van der Waals surface area contributed by atoms with Crippen molar-refractivity contribution in [3.63, 3.8) is 0 Å². The minimum Gasteiger partial charge on any atom is -0.338 e. The minimum absolute atomic E-state index is 0.168. The lowest BCUT2D eigenvalue weighted by Crippen LogP contribution is -2.46. The highest BCUT2D eigenvalue weighted by molar-refractivity contribution is 5.47. The first-order valence-electron chi connectivity index (χ1n) is 8.80. The van der Waals surface area contributed by atoms with Gasteiger partial charge in [-0.15, -0.1) is 0 Å². The highest BCUT2D eigenvalue weighted by Gasteiger charge is 2.25. The Morgan fingerprint density at radius 2 is 1.96 bits per heavy atom. The molecule has 0 N–H and O–H groups in total. The molecule has 1 fully saturated rings. The van der Waals surface area contributed by atoms with Crippen molar-refractivity contribution in [1.29, 1.82) is 0 Å². The molecule has 1 unspecified atom stereocenters. The lowest BCUT2D eigenvalue weighted by molar-refractivity contribution is 0.0839. The van der Waals surface area contributed by atoms with E-state index in [1.54, 1.807) is 0 Å². The molecule has 7 heteroatoms. The van der Waals surface area contributed by atoms with E-state index in [-0.39, 0.29) is 6.04 Å². The number of hydrogen-bond donors (Lipinski definition) is 0. The van der Waals surface area contributed by atoms with Gasteiger partial charge in [0.15, 0.2) is 5.82 Å². The van der Waals surface area contributed by atoms with Crippen LogP contribution < -0.4 is 0 Å². The predicted molar refractivity (Wildman–Crippen MR) is 94.2 cm³/mol. The molecule has 0 spiro atoms. The second-order valence-corrected chi connectivity index (χ2v) is 6.82. The summed E-state index contributed by atoms with van der Waals surface area (Å²) in [6.07, 6.45) is 4.20. The number of hydrogen-bond acceptors (Lipinski definition) is 6. The molecule has 1 aliphatic heterocycles. The van der Waals surface area contributed by atoms with Crippen molar-refractivity contribution < 1.29 is 4.52 Å². The van der Waals surface area contributed by atoms with Crippen LogP contribution in [0.25, 0.3) is 5.65 Å². The van der Waals surface area contributed by atoms with E-state index in [2.05, 4.69) is 62.7 Å². The molecule has 0 aromatic carbocycles. The van der Waals surface area contributed by atoms with E-state index in [1.807, 2.05) is 6.92 Å². The molecule has 132 valence electrons. The molecule has 1 atom stereocenters. The van der Waals surface area contributed by atoms with Gasteiger partial charge in [-0.1, -0.05) is 11.2 Å². The number of aryl methyl sites for hydroxylation is 2. The van der Waals surface area contributed by atoms with Crippen molar-refractivity contribution in [3.05, 3.63) is 47.5 Å². The van der Waals surface area contributed by atoms with Crippen LogP contribution in [0.1, 0.15) is 35.9 Å². The molecule has 3 aromatic heterocycles. The second kappa shape index (κ2) is 6.57. The molecule has 0 aliphatic carbocycles. The molecule has 4 rings (SSSR count). The van der Waals surface area contributed by atoms with Crippen LogP contribution in [0, 0.1) is 13.8 Å². The third-order valence-electron chi connectivity index (χ3n) is 4.97. The Morgan fingerprint density at radius 3 is 2.64 bits per heavy atom. The van der Waals surface area contributed by atoms with E-state index in [9.17, 15) is 0 Å². The fourth-order valence-corrected chi connectivity index (χ4v) is 3.46. The van der Waals surface area contributed by atoms with Crippen LogP contribution in [-0.4, -0.2) is 55.5 Å². The zero-order valence-electron chi connectivity index (χ0n) is 15.0. The number of piperazine rings is 1. The summed E-state index contributed by atoms with van der Waals surface area (Å²) in [7, 11) is 0. The highest BCUT2D eigenvalue weighted by Crippen LogP contribution is 2.21. The average molecular weight is 340 g/mol. The smallest absolute Gasteiger partial charge is 0.243 e. The Balaban J connectivity index is 1.37. The molecule has 0 radical (unpaired) electrons. The minimum atomic E-state index is 0.168. The van der Waals surface area contributed by atoms with Crippen molar-refractivity contribution in [2.75, 3.05) is 26.2 Å². The summed E-state index contributed by atoms with van der Waals surface area (Å²) in [4.78, 5) is 14.0. The SMILES string of the molecule is Cc1noc(C(C)N2CCN(Cc3cn4cccc(C)c4n3)CC2)n1. The maximum absolute atomic E-state index is 5.32. The molecule has 7 nitrogen and oxygen atoms in total. The maximum atomic E-state index is 5.32. The van der Waals surface area contributed by atoms with Crippen molar-refractivity contribution in [1.82, 2.24) is 29.3 Å². The molecule has 0 amide bonds. The maximum Gasteiger partial charge on any atom is 0.243 e. The van der Waals surface area contributed by atoms with Crippen LogP contribution in [0.3, 0.4) is 0 Å². The predicted octanol–water partition coefficient (Wildman–Crippen LogP) is 2.21. The van der Waals surface area contributed by atoms with Gasteiger partial charge in [-0.3, -0.25) is 9.80 Å². The molecular weight excluding hydrogens is 316 g/mol. The van der Waals surface area contributed by atoms with Gasteiger partial charge >= 0.3 is 0 Å². The molecular formula is C18H24N6O. The van der Waals surface area contributed by atoms with E-state index in [0.717, 1.165) is 44.1 Å². The summed E-state index contributed by atoms with van der Waals surface area (Å²) in [5.74, 6) is 1.41. The molecule has 4 heterocycles. The largest absolute Gasteiger partial charge is 0.338 e. The van der Waals surface area contributed by atoms with Crippen molar-refractivity contribution >= 4 is 5.65 Å². The van der Waals surface area contributed by atoms with Crippen LogP contribution >= 0.6 is 0 Å². The summed E-state index contributed by atoms with van der Waals surface area (Å²) in [5, 5.41) is 3.90. The summed E-state index contributed by atoms with van der Waals surface area (Å²) < 4.78 is 7.43. The third-order valence-corrected chi connectivity index (χ3v) is 4.97. The van der Waals surface area contributed by atoms with Gasteiger partial charge in [-0.05, 0) is 32.4 Å². The van der Waals surface area contributed by atoms with Crippen molar-refractivity contribution in [3.8, 4) is 0 Å². The Labute approximate surface area is 147 Å². The first kappa shape index (κ1) is 16.2. The Bertz CT molecular complexity index is 861. The van der Waals surface area contributed by atoms with Crippen LogP contribution in [-0.2, 0) is 6.54 Å². The molecule has 1 saturated heterocycles. The summed E-state index contributed by atoms with van der Waals surface area (Å²) >= 11 is 0. The zero-order valence-corrected chi connectivity index (χ0v) is 15.0. The van der Waals surface area contributed by atoms with Crippen LogP contribution in [0.15, 0.2) is 29.0 Å². The fourth-order valence-electron chi connectivity index (χ4n) is 3.46. The number of pyridine rings is 1. The fraction of sp³-hybridized carbons (Fsp3) is 0.500. The van der Waals surface area contributed by atoms with Gasteiger partial charge in [-0.2, -0.15) is 4.98 Å². The van der Waals surface area contributed by atoms with Crippen LogP contribution in [0.2, 0.25) is 0 Å². The Kier molecular flexibility index (Phi) is 4.27. The van der Waals surface area contributed by atoms with Crippen molar-refractivity contribution in [2.45, 2.75) is 33.4 Å². The number of nitrogens with zero attached hydrogens (tertiary/aromatic N) is 6. The first-order valence-corrected chi connectivity index (χ1v) is 8.80. The number of imidazole rings is 1. The zero-order chi connectivity index (χ0) is 17.4. The highest BCUT2D eigenvalue weighted by atomic mass is 16.5. The van der Waals surface area contributed by atoms with Gasteiger partial charge in [0.1, 0.15) is 5.65 Å². The van der Waals surface area contributed by atoms with E-state index in [0.29, 0.717) is 11.7 Å². The van der Waals surface area contributed by atoms with Gasteiger partial charge in [0.2, 0.25) is 5.89 Å². The number of aromatic nitrogens is 4. The lowest BCUT2D eigenvalue weighted by atomic mass is 10.2.